The van der Waals surface area contributed by atoms with Gasteiger partial charge in [0.25, 0.3) is 0 Å². The van der Waals surface area contributed by atoms with E-state index in [9.17, 15) is 4.79 Å². The van der Waals surface area contributed by atoms with Gasteiger partial charge in [-0.1, -0.05) is 19.8 Å². The molecule has 0 saturated carbocycles. The van der Waals surface area contributed by atoms with Crippen molar-refractivity contribution in [2.45, 2.75) is 32.6 Å². The fourth-order valence-corrected chi connectivity index (χ4v) is 2.61. The number of carbonyl (C=O) groups excluding carboxylic acids is 1. The summed E-state index contributed by atoms with van der Waals surface area (Å²) in [6, 6.07) is 3.66. The van der Waals surface area contributed by atoms with Crippen LogP contribution in [0.3, 0.4) is 0 Å². The maximum absolute atomic E-state index is 11.0. The maximum Gasteiger partial charge on any atom is 0.153 e. The van der Waals surface area contributed by atoms with Gasteiger partial charge in [0, 0.05) is 19.3 Å². The van der Waals surface area contributed by atoms with Crippen molar-refractivity contribution in [3.63, 3.8) is 0 Å². The lowest BCUT2D eigenvalue weighted by Crippen LogP contribution is -2.34. The summed E-state index contributed by atoms with van der Waals surface area (Å²) in [5, 5.41) is 0. The predicted octanol–water partition coefficient (Wildman–Crippen LogP) is 2.91. The Morgan fingerprint density at radius 3 is 2.88 bits per heavy atom. The van der Waals surface area contributed by atoms with Crippen LogP contribution in [0.15, 0.2) is 18.3 Å². The van der Waals surface area contributed by atoms with Crippen LogP contribution in [0.2, 0.25) is 0 Å². The van der Waals surface area contributed by atoms with Gasteiger partial charge in [-0.3, -0.25) is 4.79 Å². The number of anilines is 1. The molecule has 0 atom stereocenters. The molecule has 0 aliphatic carbocycles. The van der Waals surface area contributed by atoms with Gasteiger partial charge in [-0.05, 0) is 30.9 Å². The molecule has 3 nitrogen and oxygen atoms in total. The number of aldehydes is 1. The Bertz CT molecular complexity index is 370. The van der Waals surface area contributed by atoms with Crippen LogP contribution in [0.25, 0.3) is 0 Å². The Hall–Kier alpha value is -1.38. The van der Waals surface area contributed by atoms with Crippen LogP contribution in [0.1, 0.15) is 43.0 Å². The van der Waals surface area contributed by atoms with Gasteiger partial charge in [0.15, 0.2) is 6.29 Å². The van der Waals surface area contributed by atoms with Gasteiger partial charge in [0.2, 0.25) is 0 Å². The Morgan fingerprint density at radius 2 is 2.24 bits per heavy atom. The molecule has 1 aliphatic rings. The molecular weight excluding hydrogens is 212 g/mol. The molecule has 17 heavy (non-hydrogen) atoms. The topological polar surface area (TPSA) is 33.2 Å². The number of piperidine rings is 1. The zero-order valence-electron chi connectivity index (χ0n) is 10.4. The molecule has 1 aliphatic heterocycles. The number of aromatic nitrogens is 1. The Kier molecular flexibility index (Phi) is 4.13. The van der Waals surface area contributed by atoms with E-state index in [1.165, 1.54) is 25.7 Å². The van der Waals surface area contributed by atoms with Crippen LogP contribution in [0.4, 0.5) is 5.82 Å². The minimum atomic E-state index is 0.710. The molecule has 2 heterocycles. The van der Waals surface area contributed by atoms with Gasteiger partial charge in [-0.15, -0.1) is 0 Å². The fourth-order valence-electron chi connectivity index (χ4n) is 2.61. The highest BCUT2D eigenvalue weighted by atomic mass is 16.1. The molecule has 0 unspecified atom stereocenters. The lowest BCUT2D eigenvalue weighted by Gasteiger charge is -2.33. The second-order valence-electron chi connectivity index (χ2n) is 4.75. The summed E-state index contributed by atoms with van der Waals surface area (Å²) in [5.74, 6) is 1.72. The number of hydrogen-bond acceptors (Lipinski definition) is 3. The lowest BCUT2D eigenvalue weighted by atomic mass is 9.92. The summed E-state index contributed by atoms with van der Waals surface area (Å²) < 4.78 is 0. The summed E-state index contributed by atoms with van der Waals surface area (Å²) >= 11 is 0. The van der Waals surface area contributed by atoms with Gasteiger partial charge in [0.1, 0.15) is 5.82 Å². The number of carbonyl (C=O) groups is 1. The molecule has 1 saturated heterocycles. The highest BCUT2D eigenvalue weighted by Crippen LogP contribution is 2.26. The van der Waals surface area contributed by atoms with Gasteiger partial charge in [-0.25, -0.2) is 4.98 Å². The van der Waals surface area contributed by atoms with Crippen LogP contribution in [-0.2, 0) is 0 Å². The summed E-state index contributed by atoms with van der Waals surface area (Å²) in [7, 11) is 0. The highest BCUT2D eigenvalue weighted by molar-refractivity contribution is 5.82. The first-order valence-electron chi connectivity index (χ1n) is 6.50. The Balaban J connectivity index is 2.02. The first kappa shape index (κ1) is 12.1. The number of rotatable bonds is 4. The van der Waals surface area contributed by atoms with E-state index in [0.717, 1.165) is 31.1 Å². The molecule has 1 fully saturated rings. The number of pyridine rings is 1. The van der Waals surface area contributed by atoms with Crippen LogP contribution < -0.4 is 4.90 Å². The molecule has 2 rings (SSSR count). The van der Waals surface area contributed by atoms with Crippen molar-refractivity contribution in [2.75, 3.05) is 18.0 Å². The fraction of sp³-hybridized carbons (Fsp3) is 0.571. The van der Waals surface area contributed by atoms with E-state index in [-0.39, 0.29) is 0 Å². The van der Waals surface area contributed by atoms with Crippen molar-refractivity contribution in [3.05, 3.63) is 23.9 Å². The first-order valence-corrected chi connectivity index (χ1v) is 6.50. The molecular formula is C14H20N2O. The van der Waals surface area contributed by atoms with E-state index in [1.54, 1.807) is 6.20 Å². The molecule has 0 N–H and O–H groups in total. The third-order valence-electron chi connectivity index (χ3n) is 3.55. The third kappa shape index (κ3) is 2.84. The quantitative estimate of drug-likeness (QED) is 0.748. The van der Waals surface area contributed by atoms with E-state index in [0.29, 0.717) is 5.56 Å². The zero-order chi connectivity index (χ0) is 12.1. The number of nitrogens with zero attached hydrogens (tertiary/aromatic N) is 2. The van der Waals surface area contributed by atoms with E-state index in [2.05, 4.69) is 16.8 Å². The molecule has 92 valence electrons. The summed E-state index contributed by atoms with van der Waals surface area (Å²) in [4.78, 5) is 17.6. The SMILES string of the molecule is CCCC1CCN(c2ncccc2C=O)CC1. The molecule has 0 spiro atoms. The van der Waals surface area contributed by atoms with Crippen molar-refractivity contribution in [3.8, 4) is 0 Å². The van der Waals surface area contributed by atoms with E-state index < -0.39 is 0 Å². The molecule has 0 bridgehead atoms. The van der Waals surface area contributed by atoms with Crippen LogP contribution in [0, 0.1) is 5.92 Å². The molecule has 3 heteroatoms. The minimum absolute atomic E-state index is 0.710. The monoisotopic (exact) mass is 232 g/mol. The normalized spacial score (nSPS) is 17.1. The minimum Gasteiger partial charge on any atom is -0.356 e. The average molecular weight is 232 g/mol. The summed E-state index contributed by atoms with van der Waals surface area (Å²) in [6.45, 7) is 4.31. The van der Waals surface area contributed by atoms with Crippen LogP contribution in [0.5, 0.6) is 0 Å². The molecule has 0 aromatic carbocycles. The largest absolute Gasteiger partial charge is 0.356 e. The standard InChI is InChI=1S/C14H20N2O/c1-2-4-12-6-9-16(10-7-12)14-13(11-17)5-3-8-15-14/h3,5,8,11-12H,2,4,6-7,9-10H2,1H3. The van der Waals surface area contributed by atoms with E-state index in [4.69, 9.17) is 0 Å². The second-order valence-corrected chi connectivity index (χ2v) is 4.75. The zero-order valence-corrected chi connectivity index (χ0v) is 10.4. The Morgan fingerprint density at radius 1 is 1.47 bits per heavy atom. The predicted molar refractivity (Wildman–Crippen MR) is 69.5 cm³/mol. The average Bonchev–Trinajstić information content (AvgIpc) is 2.40. The summed E-state index contributed by atoms with van der Waals surface area (Å²) in [6.07, 6.45) is 7.72. The molecule has 1 aromatic heterocycles. The second kappa shape index (κ2) is 5.80. The molecule has 1 aromatic rings. The van der Waals surface area contributed by atoms with Crippen LogP contribution in [-0.4, -0.2) is 24.4 Å². The van der Waals surface area contributed by atoms with Gasteiger partial charge in [0.05, 0.1) is 5.56 Å². The van der Waals surface area contributed by atoms with Crippen molar-refractivity contribution in [1.82, 2.24) is 4.98 Å². The highest BCUT2D eigenvalue weighted by Gasteiger charge is 2.20. The lowest BCUT2D eigenvalue weighted by molar-refractivity contribution is 0.112. The number of hydrogen-bond donors (Lipinski definition) is 0. The van der Waals surface area contributed by atoms with Crippen LogP contribution >= 0.6 is 0 Å². The van der Waals surface area contributed by atoms with Crippen molar-refractivity contribution >= 4 is 12.1 Å². The van der Waals surface area contributed by atoms with E-state index in [1.807, 2.05) is 12.1 Å². The van der Waals surface area contributed by atoms with Gasteiger partial charge in [-0.2, -0.15) is 0 Å². The maximum atomic E-state index is 11.0. The third-order valence-corrected chi connectivity index (χ3v) is 3.55. The first-order chi connectivity index (χ1) is 8.35. The van der Waals surface area contributed by atoms with Crippen molar-refractivity contribution in [2.24, 2.45) is 5.92 Å². The van der Waals surface area contributed by atoms with Gasteiger partial charge < -0.3 is 4.90 Å². The smallest absolute Gasteiger partial charge is 0.153 e. The molecule has 0 amide bonds. The molecule has 0 radical (unpaired) electrons. The Labute approximate surface area is 103 Å². The van der Waals surface area contributed by atoms with E-state index >= 15 is 0 Å². The summed E-state index contributed by atoms with van der Waals surface area (Å²) in [5.41, 5.74) is 0.710. The van der Waals surface area contributed by atoms with Crippen molar-refractivity contribution < 1.29 is 4.79 Å². The van der Waals surface area contributed by atoms with Gasteiger partial charge >= 0.3 is 0 Å². The van der Waals surface area contributed by atoms with Crippen molar-refractivity contribution in [1.29, 1.82) is 0 Å².